The molecule has 140 valence electrons. The minimum atomic E-state index is -4.79. The van der Waals surface area contributed by atoms with E-state index in [1.165, 1.54) is 12.8 Å². The Morgan fingerprint density at radius 1 is 1.16 bits per heavy atom. The second-order valence-electron chi connectivity index (χ2n) is 6.75. The highest BCUT2D eigenvalue weighted by Gasteiger charge is 2.39. The largest absolute Gasteiger partial charge is 0.417 e. The van der Waals surface area contributed by atoms with Gasteiger partial charge in [-0.3, -0.25) is 0 Å². The monoisotopic (exact) mass is 396 g/mol. The lowest BCUT2D eigenvalue weighted by Gasteiger charge is -2.32. The van der Waals surface area contributed by atoms with Gasteiger partial charge in [-0.15, -0.1) is 0 Å². The first-order chi connectivity index (χ1) is 11.7. The summed E-state index contributed by atoms with van der Waals surface area (Å²) in [6.45, 7) is 2.53. The molecule has 1 saturated heterocycles. The summed E-state index contributed by atoms with van der Waals surface area (Å²) in [5, 5.41) is -0.423. The summed E-state index contributed by atoms with van der Waals surface area (Å²) in [5.74, 6) is 0.755. The van der Waals surface area contributed by atoms with Gasteiger partial charge < -0.3 is 4.90 Å². The number of alkyl halides is 3. The zero-order valence-corrected chi connectivity index (χ0v) is 15.1. The Labute approximate surface area is 150 Å². The zero-order valence-electron chi connectivity index (χ0n) is 13.5. The maximum atomic E-state index is 13.2. The molecule has 2 fully saturated rings. The molecule has 0 radical (unpaired) electrons. The van der Waals surface area contributed by atoms with Crippen molar-refractivity contribution >= 4 is 21.6 Å². The van der Waals surface area contributed by atoms with Gasteiger partial charge in [-0.1, -0.05) is 17.7 Å². The van der Waals surface area contributed by atoms with Crippen LogP contribution in [0.1, 0.15) is 31.2 Å². The molecular formula is C16H20ClF3N2O2S. The lowest BCUT2D eigenvalue weighted by Crippen LogP contribution is -2.45. The molecule has 0 unspecified atom stereocenters. The number of rotatable bonds is 5. The van der Waals surface area contributed by atoms with Gasteiger partial charge in [0.05, 0.1) is 10.6 Å². The molecule has 0 bridgehead atoms. The molecule has 1 aliphatic heterocycles. The third-order valence-corrected chi connectivity index (χ3v) is 6.71. The SMILES string of the molecule is O=S(=O)(NC1CCN(CC2CC2)CC1)c1c(Cl)cccc1C(F)(F)F. The molecule has 4 nitrogen and oxygen atoms in total. The van der Waals surface area contributed by atoms with E-state index in [1.54, 1.807) is 0 Å². The van der Waals surface area contributed by atoms with Gasteiger partial charge in [0.15, 0.2) is 0 Å². The molecule has 0 atom stereocenters. The summed E-state index contributed by atoms with van der Waals surface area (Å²) in [6.07, 6.45) is -1.13. The van der Waals surface area contributed by atoms with Gasteiger partial charge >= 0.3 is 6.18 Å². The van der Waals surface area contributed by atoms with E-state index in [9.17, 15) is 21.6 Å². The number of sulfonamides is 1. The van der Waals surface area contributed by atoms with Gasteiger partial charge in [-0.05, 0) is 56.8 Å². The van der Waals surface area contributed by atoms with Crippen LogP contribution in [-0.4, -0.2) is 39.0 Å². The highest BCUT2D eigenvalue weighted by atomic mass is 35.5. The first-order valence-electron chi connectivity index (χ1n) is 8.27. The predicted octanol–water partition coefficient (Wildman–Crippen LogP) is 3.51. The number of nitrogens with one attached hydrogen (secondary N) is 1. The van der Waals surface area contributed by atoms with Crippen LogP contribution in [0.5, 0.6) is 0 Å². The summed E-state index contributed by atoms with van der Waals surface area (Å²) in [5.41, 5.74) is -1.24. The summed E-state index contributed by atoms with van der Waals surface area (Å²) in [7, 11) is -4.35. The molecule has 0 amide bonds. The molecule has 1 saturated carbocycles. The Hall–Kier alpha value is -0.830. The van der Waals surface area contributed by atoms with E-state index in [-0.39, 0.29) is 6.04 Å². The van der Waals surface area contributed by atoms with E-state index in [4.69, 9.17) is 11.6 Å². The van der Waals surface area contributed by atoms with E-state index < -0.39 is 31.7 Å². The van der Waals surface area contributed by atoms with Crippen molar-refractivity contribution in [3.05, 3.63) is 28.8 Å². The van der Waals surface area contributed by atoms with Crippen LogP contribution in [0.3, 0.4) is 0 Å². The Morgan fingerprint density at radius 3 is 2.36 bits per heavy atom. The molecule has 1 aromatic rings. The quantitative estimate of drug-likeness (QED) is 0.828. The van der Waals surface area contributed by atoms with Crippen LogP contribution < -0.4 is 4.72 Å². The van der Waals surface area contributed by atoms with E-state index >= 15 is 0 Å². The van der Waals surface area contributed by atoms with Gasteiger partial charge in [0.2, 0.25) is 10.0 Å². The fourth-order valence-electron chi connectivity index (χ4n) is 3.18. The first-order valence-corrected chi connectivity index (χ1v) is 10.1. The van der Waals surface area contributed by atoms with Crippen LogP contribution in [0.15, 0.2) is 23.1 Å². The third kappa shape index (κ3) is 4.67. The number of nitrogens with zero attached hydrogens (tertiary/aromatic N) is 1. The van der Waals surface area contributed by atoms with Crippen LogP contribution >= 0.6 is 11.6 Å². The predicted molar refractivity (Wildman–Crippen MR) is 89.0 cm³/mol. The summed E-state index contributed by atoms with van der Waals surface area (Å²) in [6, 6.07) is 2.61. The van der Waals surface area contributed by atoms with Crippen LogP contribution in [0.4, 0.5) is 13.2 Å². The van der Waals surface area contributed by atoms with Crippen molar-refractivity contribution in [1.29, 1.82) is 0 Å². The highest BCUT2D eigenvalue weighted by molar-refractivity contribution is 7.89. The molecule has 3 rings (SSSR count). The van der Waals surface area contributed by atoms with Crippen molar-refractivity contribution in [1.82, 2.24) is 9.62 Å². The first kappa shape index (κ1) is 18.9. The Kier molecular flexibility index (Phi) is 5.35. The van der Waals surface area contributed by atoms with Crippen molar-refractivity contribution in [2.45, 2.75) is 42.8 Å². The number of hydrogen-bond donors (Lipinski definition) is 1. The number of benzene rings is 1. The minimum Gasteiger partial charge on any atom is -0.303 e. The van der Waals surface area contributed by atoms with Crippen molar-refractivity contribution in [3.63, 3.8) is 0 Å². The lowest BCUT2D eigenvalue weighted by molar-refractivity contribution is -0.139. The van der Waals surface area contributed by atoms with Crippen LogP contribution in [-0.2, 0) is 16.2 Å². The second kappa shape index (κ2) is 7.06. The van der Waals surface area contributed by atoms with Crippen molar-refractivity contribution < 1.29 is 21.6 Å². The Morgan fingerprint density at radius 2 is 1.80 bits per heavy atom. The van der Waals surface area contributed by atoms with Gasteiger partial charge in [-0.25, -0.2) is 13.1 Å². The molecule has 1 aliphatic carbocycles. The molecule has 1 aromatic carbocycles. The molecule has 9 heteroatoms. The summed E-state index contributed by atoms with van der Waals surface area (Å²) >= 11 is 5.80. The lowest BCUT2D eigenvalue weighted by atomic mass is 10.1. The molecule has 0 spiro atoms. The number of hydrogen-bond acceptors (Lipinski definition) is 3. The number of halogens is 4. The third-order valence-electron chi connectivity index (χ3n) is 4.66. The number of likely N-dealkylation sites (tertiary alicyclic amines) is 1. The highest BCUT2D eigenvalue weighted by Crippen LogP contribution is 2.37. The second-order valence-corrected chi connectivity index (χ2v) is 8.81. The van der Waals surface area contributed by atoms with E-state index in [0.29, 0.717) is 12.8 Å². The van der Waals surface area contributed by atoms with Crippen LogP contribution in [0, 0.1) is 5.92 Å². The smallest absolute Gasteiger partial charge is 0.303 e. The van der Waals surface area contributed by atoms with E-state index in [1.807, 2.05) is 0 Å². The van der Waals surface area contributed by atoms with Crippen LogP contribution in [0.25, 0.3) is 0 Å². The molecular weight excluding hydrogens is 377 g/mol. The fourth-order valence-corrected chi connectivity index (χ4v) is 5.25. The number of piperidine rings is 1. The average Bonchev–Trinajstić information content (AvgIpc) is 3.31. The average molecular weight is 397 g/mol. The minimum absolute atomic E-state index is 0.377. The fraction of sp³-hybridized carbons (Fsp3) is 0.625. The van der Waals surface area contributed by atoms with Crippen LogP contribution in [0.2, 0.25) is 5.02 Å². The summed E-state index contributed by atoms with van der Waals surface area (Å²) in [4.78, 5) is 1.41. The topological polar surface area (TPSA) is 49.4 Å². The van der Waals surface area contributed by atoms with E-state index in [2.05, 4.69) is 9.62 Å². The standard InChI is InChI=1S/C16H20ClF3N2O2S/c17-14-3-1-2-13(16(18,19)20)15(14)25(23,24)21-12-6-8-22(9-7-12)10-11-4-5-11/h1-3,11-12,21H,4-10H2. The van der Waals surface area contributed by atoms with Crippen molar-refractivity contribution in [2.24, 2.45) is 5.92 Å². The van der Waals surface area contributed by atoms with Gasteiger partial charge in [-0.2, -0.15) is 13.2 Å². The van der Waals surface area contributed by atoms with Gasteiger partial charge in [0.25, 0.3) is 0 Å². The maximum Gasteiger partial charge on any atom is 0.417 e. The maximum absolute atomic E-state index is 13.2. The zero-order chi connectivity index (χ0) is 18.2. The normalized spacial score (nSPS) is 20.8. The van der Waals surface area contributed by atoms with Gasteiger partial charge in [0.1, 0.15) is 4.90 Å². The molecule has 1 heterocycles. The Bertz CT molecular complexity index is 727. The van der Waals surface area contributed by atoms with E-state index in [0.717, 1.165) is 43.8 Å². The van der Waals surface area contributed by atoms with Gasteiger partial charge in [0, 0.05) is 12.6 Å². The molecule has 0 aromatic heterocycles. The molecule has 1 N–H and O–H groups in total. The van der Waals surface area contributed by atoms with Crippen molar-refractivity contribution in [2.75, 3.05) is 19.6 Å². The molecule has 25 heavy (non-hydrogen) atoms. The summed E-state index contributed by atoms with van der Waals surface area (Å²) < 4.78 is 67.0. The Balaban J connectivity index is 1.72. The molecule has 2 aliphatic rings. The van der Waals surface area contributed by atoms with Crippen molar-refractivity contribution in [3.8, 4) is 0 Å².